The largest absolute Gasteiger partial charge is 0.462 e. The van der Waals surface area contributed by atoms with Gasteiger partial charge in [0.15, 0.2) is 0 Å². The van der Waals surface area contributed by atoms with Crippen molar-refractivity contribution >= 4 is 11.9 Å². The zero-order valence-electron chi connectivity index (χ0n) is 36.8. The molecule has 6 aliphatic carbocycles. The van der Waals surface area contributed by atoms with Crippen molar-refractivity contribution in [2.24, 2.45) is 80.8 Å². The maximum Gasteiger partial charge on any atom is 0.312 e. The molecule has 0 heterocycles. The van der Waals surface area contributed by atoms with E-state index in [1.165, 1.54) is 64.2 Å². The number of ether oxygens (including phenoxy) is 4. The molecule has 0 aliphatic heterocycles. The van der Waals surface area contributed by atoms with E-state index in [-0.39, 0.29) is 62.4 Å². The Balaban J connectivity index is 0.866. The Labute approximate surface area is 340 Å². The van der Waals surface area contributed by atoms with E-state index in [1.54, 1.807) is 0 Å². The molecule has 0 bridgehead atoms. The minimum Gasteiger partial charge on any atom is -0.462 e. The van der Waals surface area contributed by atoms with Crippen molar-refractivity contribution in [2.45, 2.75) is 170 Å². The highest BCUT2D eigenvalue weighted by Gasteiger charge is 2.61. The minimum atomic E-state index is -0.919. The molecule has 0 aromatic carbocycles. The number of hydrogen-bond acceptors (Lipinski definition) is 8. The molecule has 6 rings (SSSR count). The summed E-state index contributed by atoms with van der Waals surface area (Å²) in [5.41, 5.74) is -0.682. The van der Waals surface area contributed by atoms with Crippen LogP contribution in [0.1, 0.15) is 158 Å². The van der Waals surface area contributed by atoms with Crippen LogP contribution in [0.15, 0.2) is 0 Å². The molecule has 14 atom stereocenters. The van der Waals surface area contributed by atoms with Gasteiger partial charge in [-0.15, -0.1) is 0 Å². The smallest absolute Gasteiger partial charge is 0.312 e. The summed E-state index contributed by atoms with van der Waals surface area (Å²) in [5.74, 6) is 6.44. The van der Waals surface area contributed by atoms with E-state index >= 15 is 0 Å². The summed E-state index contributed by atoms with van der Waals surface area (Å²) < 4.78 is 22.9. The first-order valence-corrected chi connectivity index (χ1v) is 23.4. The molecular formula is C48H82O8. The number of fused-ring (bicyclic) bond motifs is 6. The van der Waals surface area contributed by atoms with Gasteiger partial charge in [-0.25, -0.2) is 0 Å². The Bertz CT molecular complexity index is 1220. The van der Waals surface area contributed by atoms with Crippen LogP contribution in [0, 0.1) is 80.8 Å². The van der Waals surface area contributed by atoms with Crippen LogP contribution in [-0.4, -0.2) is 74.0 Å². The molecule has 8 heteroatoms. The predicted molar refractivity (Wildman–Crippen MR) is 219 cm³/mol. The topological polar surface area (TPSA) is 112 Å². The Morgan fingerprint density at radius 1 is 0.554 bits per heavy atom. The lowest BCUT2D eigenvalue weighted by atomic mass is 9.43. The van der Waals surface area contributed by atoms with E-state index in [2.05, 4.69) is 55.4 Å². The van der Waals surface area contributed by atoms with E-state index in [0.717, 1.165) is 74.0 Å². The van der Waals surface area contributed by atoms with Crippen molar-refractivity contribution in [1.29, 1.82) is 0 Å². The molecular weight excluding hydrogens is 705 g/mol. The van der Waals surface area contributed by atoms with Gasteiger partial charge >= 0.3 is 11.9 Å². The first kappa shape index (κ1) is 44.3. The number of esters is 2. The molecule has 0 spiro atoms. The van der Waals surface area contributed by atoms with Gasteiger partial charge in [0.05, 0.1) is 37.3 Å². The number of carbonyl (C=O) groups is 2. The van der Waals surface area contributed by atoms with Gasteiger partial charge in [0.1, 0.15) is 25.4 Å². The second-order valence-corrected chi connectivity index (χ2v) is 21.8. The van der Waals surface area contributed by atoms with Crippen molar-refractivity contribution in [1.82, 2.24) is 0 Å². The van der Waals surface area contributed by atoms with E-state index in [4.69, 9.17) is 18.9 Å². The van der Waals surface area contributed by atoms with Crippen molar-refractivity contribution in [3.8, 4) is 0 Å². The average molecular weight is 787 g/mol. The third-order valence-corrected chi connectivity index (χ3v) is 18.0. The molecule has 6 saturated carbocycles. The van der Waals surface area contributed by atoms with Gasteiger partial charge in [0.2, 0.25) is 0 Å². The Morgan fingerprint density at radius 2 is 0.946 bits per heavy atom. The number of aliphatic hydroxyl groups excluding tert-OH is 2. The lowest BCUT2D eigenvalue weighted by molar-refractivity contribution is -0.183. The first-order chi connectivity index (χ1) is 26.5. The van der Waals surface area contributed by atoms with Crippen LogP contribution >= 0.6 is 0 Å². The molecule has 2 N–H and O–H groups in total. The lowest BCUT2D eigenvalue weighted by Gasteiger charge is -2.61. The summed E-state index contributed by atoms with van der Waals surface area (Å²) in [5, 5.41) is 21.3. The van der Waals surface area contributed by atoms with E-state index in [0.29, 0.717) is 23.7 Å². The molecule has 0 amide bonds. The average Bonchev–Trinajstić information content (AvgIpc) is 3.16. The Hall–Kier alpha value is -1.22. The number of aliphatic hydroxyl groups is 2. The second-order valence-electron chi connectivity index (χ2n) is 21.8. The van der Waals surface area contributed by atoms with Gasteiger partial charge in [-0.05, 0) is 174 Å². The standard InChI is InChI=1S/C48H82O8/c1-31(2)33-11-15-39-35(25-33)13-17-41-45(39,5)19-9-21-47(41,7)43(51)55-29-37(49)27-53-23-24-54-28-38(50)30-56-44(52)48(8)22-10-20-46(6)40-16-12-34(32(3)4)26-36(40)14-18-42(46)48/h31-42,49-50H,9-30H2,1-8H3. The monoisotopic (exact) mass is 787 g/mol. The zero-order chi connectivity index (χ0) is 40.5. The van der Waals surface area contributed by atoms with Crippen molar-refractivity contribution in [2.75, 3.05) is 39.6 Å². The molecule has 0 aromatic rings. The molecule has 14 unspecified atom stereocenters. The van der Waals surface area contributed by atoms with Crippen LogP contribution in [0.3, 0.4) is 0 Å². The molecule has 8 nitrogen and oxygen atoms in total. The number of rotatable bonds is 15. The molecule has 6 fully saturated rings. The van der Waals surface area contributed by atoms with E-state index < -0.39 is 23.0 Å². The normalized spacial score (nSPS) is 42.1. The summed E-state index contributed by atoms with van der Waals surface area (Å²) >= 11 is 0. The van der Waals surface area contributed by atoms with Crippen molar-refractivity contribution in [3.05, 3.63) is 0 Å². The van der Waals surface area contributed by atoms with Crippen LogP contribution in [-0.2, 0) is 28.5 Å². The van der Waals surface area contributed by atoms with Gasteiger partial charge in [-0.3, -0.25) is 9.59 Å². The molecule has 6 aliphatic rings. The highest BCUT2D eigenvalue weighted by atomic mass is 16.6. The van der Waals surface area contributed by atoms with Gasteiger partial charge in [0, 0.05) is 0 Å². The zero-order valence-corrected chi connectivity index (χ0v) is 36.8. The SMILES string of the molecule is CC(C)C1CCC2C(CCC3C(C)(C(=O)OCC(O)COCCOCC(O)COC(=O)C4(C)CCCC5(C)C6CCC(C(C)C)CC6CCC45)CCCC23C)C1. The summed E-state index contributed by atoms with van der Waals surface area (Å²) in [6.45, 7) is 19.1. The van der Waals surface area contributed by atoms with Gasteiger partial charge in [-0.1, -0.05) is 54.4 Å². The summed E-state index contributed by atoms with van der Waals surface area (Å²) in [6, 6.07) is 0. The predicted octanol–water partition coefficient (Wildman–Crippen LogP) is 9.42. The van der Waals surface area contributed by atoms with Crippen LogP contribution in [0.2, 0.25) is 0 Å². The fraction of sp³-hybridized carbons (Fsp3) is 0.958. The second kappa shape index (κ2) is 18.2. The summed E-state index contributed by atoms with van der Waals surface area (Å²) in [6.07, 6.45) is 16.9. The van der Waals surface area contributed by atoms with Crippen LogP contribution in [0.4, 0.5) is 0 Å². The summed E-state index contributed by atoms with van der Waals surface area (Å²) in [7, 11) is 0. The summed E-state index contributed by atoms with van der Waals surface area (Å²) in [4.78, 5) is 27.4. The number of carbonyl (C=O) groups excluding carboxylic acids is 2. The Kier molecular flexibility index (Phi) is 14.4. The van der Waals surface area contributed by atoms with E-state index in [1.807, 2.05) is 0 Å². The van der Waals surface area contributed by atoms with Gasteiger partial charge in [-0.2, -0.15) is 0 Å². The van der Waals surface area contributed by atoms with Gasteiger partial charge < -0.3 is 29.2 Å². The Morgan fingerprint density at radius 3 is 1.32 bits per heavy atom. The molecule has 0 saturated heterocycles. The fourth-order valence-electron chi connectivity index (χ4n) is 14.8. The van der Waals surface area contributed by atoms with E-state index in [9.17, 15) is 19.8 Å². The highest BCUT2D eigenvalue weighted by Crippen LogP contribution is 2.66. The van der Waals surface area contributed by atoms with Crippen molar-refractivity contribution < 1.29 is 38.7 Å². The first-order valence-electron chi connectivity index (χ1n) is 23.4. The molecule has 56 heavy (non-hydrogen) atoms. The van der Waals surface area contributed by atoms with Crippen LogP contribution in [0.25, 0.3) is 0 Å². The quantitative estimate of drug-likeness (QED) is 0.125. The number of hydrogen-bond donors (Lipinski definition) is 2. The fourth-order valence-corrected chi connectivity index (χ4v) is 14.8. The maximum absolute atomic E-state index is 13.7. The third kappa shape index (κ3) is 8.94. The van der Waals surface area contributed by atoms with Crippen LogP contribution in [0.5, 0.6) is 0 Å². The molecule has 0 aromatic heterocycles. The van der Waals surface area contributed by atoms with Crippen LogP contribution < -0.4 is 0 Å². The molecule has 0 radical (unpaired) electrons. The third-order valence-electron chi connectivity index (χ3n) is 18.0. The lowest BCUT2D eigenvalue weighted by Crippen LogP contribution is -2.56. The van der Waals surface area contributed by atoms with Crippen molar-refractivity contribution in [3.63, 3.8) is 0 Å². The molecule has 322 valence electrons. The highest BCUT2D eigenvalue weighted by molar-refractivity contribution is 5.77. The van der Waals surface area contributed by atoms with Gasteiger partial charge in [0.25, 0.3) is 0 Å². The minimum absolute atomic E-state index is 0.0357. The maximum atomic E-state index is 13.7.